The molecule has 1 N–H and O–H groups in total. The van der Waals surface area contributed by atoms with E-state index in [1.54, 1.807) is 4.90 Å². The highest BCUT2D eigenvalue weighted by molar-refractivity contribution is 7.89. The first-order valence-corrected chi connectivity index (χ1v) is 8.26. The zero-order chi connectivity index (χ0) is 15.5. The molecule has 116 valence electrons. The molecule has 0 bridgehead atoms. The van der Waals surface area contributed by atoms with Crippen molar-refractivity contribution in [2.75, 3.05) is 26.3 Å². The van der Waals surface area contributed by atoms with Crippen LogP contribution < -0.4 is 4.72 Å². The van der Waals surface area contributed by atoms with Crippen LogP contribution in [0.5, 0.6) is 0 Å². The van der Waals surface area contributed by atoms with Crippen LogP contribution >= 0.6 is 11.6 Å². The fourth-order valence-corrected chi connectivity index (χ4v) is 3.59. The number of morpholine rings is 1. The molecule has 1 saturated heterocycles. The SMILES string of the molecule is CC(NS(=O)(=O)c1cnccc1Cl)C(=O)N1CCOCC1. The number of nitrogens with zero attached hydrogens (tertiary/aromatic N) is 2. The molecule has 9 heteroatoms. The van der Waals surface area contributed by atoms with Crippen LogP contribution in [0, 0.1) is 0 Å². The number of carbonyl (C=O) groups is 1. The lowest BCUT2D eigenvalue weighted by Gasteiger charge is -2.29. The molecule has 2 rings (SSSR count). The van der Waals surface area contributed by atoms with Crippen LogP contribution in [0.15, 0.2) is 23.4 Å². The summed E-state index contributed by atoms with van der Waals surface area (Å²) in [6.45, 7) is 3.33. The Morgan fingerprint density at radius 2 is 2.14 bits per heavy atom. The maximum atomic E-state index is 12.2. The summed E-state index contributed by atoms with van der Waals surface area (Å²) >= 11 is 5.85. The predicted molar refractivity (Wildman–Crippen MR) is 76.4 cm³/mol. The van der Waals surface area contributed by atoms with Gasteiger partial charge in [0.25, 0.3) is 0 Å². The van der Waals surface area contributed by atoms with Crippen LogP contribution in [-0.2, 0) is 19.6 Å². The molecule has 1 aliphatic heterocycles. The molecular weight excluding hydrogens is 318 g/mol. The van der Waals surface area contributed by atoms with E-state index in [1.807, 2.05) is 0 Å². The summed E-state index contributed by atoms with van der Waals surface area (Å²) in [5.41, 5.74) is 0. The molecule has 0 aliphatic carbocycles. The maximum Gasteiger partial charge on any atom is 0.244 e. The van der Waals surface area contributed by atoms with Gasteiger partial charge in [0.15, 0.2) is 0 Å². The predicted octanol–water partition coefficient (Wildman–Crippen LogP) is 0.261. The molecule has 1 fully saturated rings. The van der Waals surface area contributed by atoms with E-state index in [4.69, 9.17) is 16.3 Å². The average Bonchev–Trinajstić information content (AvgIpc) is 2.47. The first-order valence-electron chi connectivity index (χ1n) is 6.40. The first kappa shape index (κ1) is 16.2. The fourth-order valence-electron chi connectivity index (χ4n) is 1.96. The lowest BCUT2D eigenvalue weighted by molar-refractivity contribution is -0.136. The summed E-state index contributed by atoms with van der Waals surface area (Å²) in [4.78, 5) is 17.4. The Morgan fingerprint density at radius 3 is 2.76 bits per heavy atom. The Bertz CT molecular complexity index is 617. The van der Waals surface area contributed by atoms with E-state index in [2.05, 4.69) is 9.71 Å². The Hall–Kier alpha value is -1.22. The van der Waals surface area contributed by atoms with Crippen LogP contribution in [0.1, 0.15) is 6.92 Å². The van der Waals surface area contributed by atoms with Crippen LogP contribution in [0.2, 0.25) is 5.02 Å². The Labute approximate surface area is 128 Å². The third-order valence-corrected chi connectivity index (χ3v) is 5.06. The normalized spacial score (nSPS) is 17.5. The standard InChI is InChI=1S/C12H16ClN3O4S/c1-9(12(17)16-4-6-20-7-5-16)15-21(18,19)11-8-14-3-2-10(11)13/h2-3,8-9,15H,4-7H2,1H3. The molecule has 0 aromatic carbocycles. The van der Waals surface area contributed by atoms with Gasteiger partial charge in [0, 0.05) is 25.5 Å². The number of sulfonamides is 1. The van der Waals surface area contributed by atoms with Crippen molar-refractivity contribution in [3.8, 4) is 0 Å². The van der Waals surface area contributed by atoms with E-state index in [9.17, 15) is 13.2 Å². The summed E-state index contributed by atoms with van der Waals surface area (Å²) in [6.07, 6.45) is 2.54. The maximum absolute atomic E-state index is 12.2. The zero-order valence-corrected chi connectivity index (χ0v) is 13.0. The second kappa shape index (κ2) is 6.69. The van der Waals surface area contributed by atoms with E-state index in [0.29, 0.717) is 26.3 Å². The lowest BCUT2D eigenvalue weighted by Crippen LogP contribution is -2.50. The molecule has 1 amide bonds. The molecule has 0 radical (unpaired) electrons. The van der Waals surface area contributed by atoms with Gasteiger partial charge in [0.05, 0.1) is 24.3 Å². The van der Waals surface area contributed by atoms with Gasteiger partial charge in [-0.25, -0.2) is 8.42 Å². The highest BCUT2D eigenvalue weighted by Gasteiger charge is 2.28. The Kier molecular flexibility index (Phi) is 5.15. The largest absolute Gasteiger partial charge is 0.378 e. The number of amides is 1. The van der Waals surface area contributed by atoms with Crippen LogP contribution in [0.3, 0.4) is 0 Å². The summed E-state index contributed by atoms with van der Waals surface area (Å²) in [5.74, 6) is -0.290. The number of halogens is 1. The summed E-state index contributed by atoms with van der Waals surface area (Å²) in [6, 6.07) is 0.495. The highest BCUT2D eigenvalue weighted by Crippen LogP contribution is 2.19. The van der Waals surface area contributed by atoms with Crippen molar-refractivity contribution < 1.29 is 17.9 Å². The van der Waals surface area contributed by atoms with Crippen molar-refractivity contribution in [2.45, 2.75) is 17.9 Å². The number of hydrogen-bond acceptors (Lipinski definition) is 5. The molecule has 1 unspecified atom stereocenters. The Morgan fingerprint density at radius 1 is 1.48 bits per heavy atom. The minimum atomic E-state index is -3.90. The van der Waals surface area contributed by atoms with Crippen LogP contribution in [0.4, 0.5) is 0 Å². The number of aromatic nitrogens is 1. The van der Waals surface area contributed by atoms with Gasteiger partial charge in [-0.1, -0.05) is 11.6 Å². The molecule has 1 aromatic rings. The quantitative estimate of drug-likeness (QED) is 0.854. The van der Waals surface area contributed by atoms with Crippen LogP contribution in [-0.4, -0.2) is 56.6 Å². The van der Waals surface area contributed by atoms with E-state index in [0.717, 1.165) is 6.20 Å². The monoisotopic (exact) mass is 333 g/mol. The summed E-state index contributed by atoms with van der Waals surface area (Å²) in [5, 5.41) is 0.0588. The number of hydrogen-bond donors (Lipinski definition) is 1. The molecule has 1 aliphatic rings. The number of carbonyl (C=O) groups excluding carboxylic acids is 1. The topological polar surface area (TPSA) is 88.6 Å². The smallest absolute Gasteiger partial charge is 0.244 e. The van der Waals surface area contributed by atoms with Gasteiger partial charge in [-0.2, -0.15) is 4.72 Å². The van der Waals surface area contributed by atoms with Gasteiger partial charge in [-0.3, -0.25) is 9.78 Å². The molecule has 1 atom stereocenters. The van der Waals surface area contributed by atoms with Crippen molar-refractivity contribution >= 4 is 27.5 Å². The van der Waals surface area contributed by atoms with E-state index >= 15 is 0 Å². The van der Waals surface area contributed by atoms with Crippen molar-refractivity contribution in [3.63, 3.8) is 0 Å². The number of pyridine rings is 1. The first-order chi connectivity index (χ1) is 9.92. The van der Waals surface area contributed by atoms with Crippen LogP contribution in [0.25, 0.3) is 0 Å². The molecule has 0 spiro atoms. The third-order valence-electron chi connectivity index (χ3n) is 3.05. The highest BCUT2D eigenvalue weighted by atomic mass is 35.5. The van der Waals surface area contributed by atoms with Gasteiger partial charge in [-0.15, -0.1) is 0 Å². The fraction of sp³-hybridized carbons (Fsp3) is 0.500. The van der Waals surface area contributed by atoms with Crippen molar-refractivity contribution in [1.29, 1.82) is 0 Å². The number of nitrogens with one attached hydrogen (secondary N) is 1. The minimum absolute atomic E-state index is 0.0588. The second-order valence-electron chi connectivity index (χ2n) is 4.59. The minimum Gasteiger partial charge on any atom is -0.378 e. The van der Waals surface area contributed by atoms with E-state index < -0.39 is 16.1 Å². The van der Waals surface area contributed by atoms with E-state index in [1.165, 1.54) is 19.2 Å². The van der Waals surface area contributed by atoms with E-state index in [-0.39, 0.29) is 15.8 Å². The summed E-state index contributed by atoms with van der Waals surface area (Å²) < 4.78 is 31.9. The second-order valence-corrected chi connectivity index (χ2v) is 6.68. The lowest BCUT2D eigenvalue weighted by atomic mass is 10.3. The number of ether oxygens (including phenoxy) is 1. The molecule has 0 saturated carbocycles. The molecular formula is C12H16ClN3O4S. The number of rotatable bonds is 4. The molecule has 2 heterocycles. The Balaban J connectivity index is 2.09. The zero-order valence-electron chi connectivity index (χ0n) is 11.5. The van der Waals surface area contributed by atoms with Crippen molar-refractivity contribution in [3.05, 3.63) is 23.5 Å². The van der Waals surface area contributed by atoms with Gasteiger partial charge in [0.2, 0.25) is 15.9 Å². The molecule has 7 nitrogen and oxygen atoms in total. The van der Waals surface area contributed by atoms with Gasteiger partial charge < -0.3 is 9.64 Å². The third kappa shape index (κ3) is 3.91. The summed E-state index contributed by atoms with van der Waals surface area (Å²) in [7, 11) is -3.90. The molecule has 1 aromatic heterocycles. The average molecular weight is 334 g/mol. The van der Waals surface area contributed by atoms with Gasteiger partial charge in [-0.05, 0) is 13.0 Å². The molecule has 21 heavy (non-hydrogen) atoms. The van der Waals surface area contributed by atoms with Crippen molar-refractivity contribution in [2.24, 2.45) is 0 Å². The van der Waals surface area contributed by atoms with Crippen molar-refractivity contribution in [1.82, 2.24) is 14.6 Å². The van der Waals surface area contributed by atoms with Gasteiger partial charge >= 0.3 is 0 Å². The van der Waals surface area contributed by atoms with Gasteiger partial charge in [0.1, 0.15) is 4.90 Å².